The molecule has 0 saturated heterocycles. The van der Waals surface area contributed by atoms with Crippen molar-refractivity contribution >= 4 is 11.8 Å². The van der Waals surface area contributed by atoms with Crippen LogP contribution in [0.5, 0.6) is 5.75 Å². The van der Waals surface area contributed by atoms with Crippen LogP contribution in [-0.2, 0) is 0 Å². The molecule has 0 bridgehead atoms. The Morgan fingerprint density at radius 2 is 1.84 bits per heavy atom. The second kappa shape index (κ2) is 6.08. The van der Waals surface area contributed by atoms with Crippen molar-refractivity contribution in [2.75, 3.05) is 7.11 Å². The maximum atomic E-state index is 13.9. The van der Waals surface area contributed by atoms with Crippen molar-refractivity contribution < 1.29 is 9.13 Å². The highest BCUT2D eigenvalue weighted by atomic mass is 32.2. The topological polar surface area (TPSA) is 35.2 Å². The van der Waals surface area contributed by atoms with Gasteiger partial charge >= 0.3 is 0 Å². The van der Waals surface area contributed by atoms with Gasteiger partial charge in [-0.05, 0) is 48.9 Å². The first kappa shape index (κ1) is 13.9. The van der Waals surface area contributed by atoms with E-state index in [0.29, 0.717) is 4.90 Å². The maximum Gasteiger partial charge on any atom is 0.137 e. The SMILES string of the molecule is COc1ccc(Sc2ccc([C@@H](C)N)cc2F)cc1. The summed E-state index contributed by atoms with van der Waals surface area (Å²) in [7, 11) is 1.62. The third kappa shape index (κ3) is 3.49. The van der Waals surface area contributed by atoms with Crippen LogP contribution in [-0.4, -0.2) is 7.11 Å². The zero-order chi connectivity index (χ0) is 13.8. The van der Waals surface area contributed by atoms with E-state index in [9.17, 15) is 4.39 Å². The predicted octanol–water partition coefficient (Wildman–Crippen LogP) is 4.01. The number of hydrogen-bond acceptors (Lipinski definition) is 3. The highest BCUT2D eigenvalue weighted by molar-refractivity contribution is 7.99. The molecular formula is C15H16FNOS. The van der Waals surface area contributed by atoms with Crippen molar-refractivity contribution in [1.82, 2.24) is 0 Å². The quantitative estimate of drug-likeness (QED) is 0.917. The standard InChI is InChI=1S/C15H16FNOS/c1-10(17)11-3-8-15(14(16)9-11)19-13-6-4-12(18-2)5-7-13/h3-10H,17H2,1-2H3/t10-/m1/s1. The van der Waals surface area contributed by atoms with Crippen molar-refractivity contribution in [1.29, 1.82) is 0 Å². The summed E-state index contributed by atoms with van der Waals surface area (Å²) < 4.78 is 19.0. The van der Waals surface area contributed by atoms with E-state index < -0.39 is 0 Å². The van der Waals surface area contributed by atoms with Crippen LogP contribution in [0, 0.1) is 5.82 Å². The Labute approximate surface area is 116 Å². The van der Waals surface area contributed by atoms with E-state index in [-0.39, 0.29) is 11.9 Å². The number of hydrogen-bond donors (Lipinski definition) is 1. The average Bonchev–Trinajstić information content (AvgIpc) is 2.41. The molecule has 19 heavy (non-hydrogen) atoms. The normalized spacial score (nSPS) is 12.2. The number of ether oxygens (including phenoxy) is 1. The zero-order valence-electron chi connectivity index (χ0n) is 10.9. The lowest BCUT2D eigenvalue weighted by atomic mass is 10.1. The molecule has 0 aromatic heterocycles. The lowest BCUT2D eigenvalue weighted by molar-refractivity contribution is 0.414. The lowest BCUT2D eigenvalue weighted by Gasteiger charge is -2.09. The van der Waals surface area contributed by atoms with Gasteiger partial charge in [-0.2, -0.15) is 0 Å². The Kier molecular flexibility index (Phi) is 4.45. The first-order valence-corrected chi connectivity index (χ1v) is 6.78. The molecule has 0 aliphatic heterocycles. The molecule has 2 aromatic rings. The van der Waals surface area contributed by atoms with Gasteiger partial charge in [0.2, 0.25) is 0 Å². The molecule has 2 N–H and O–H groups in total. The zero-order valence-corrected chi connectivity index (χ0v) is 11.7. The Bertz CT molecular complexity index is 555. The highest BCUT2D eigenvalue weighted by Crippen LogP contribution is 2.31. The van der Waals surface area contributed by atoms with Crippen LogP contribution in [0.3, 0.4) is 0 Å². The van der Waals surface area contributed by atoms with Gasteiger partial charge in [-0.25, -0.2) is 4.39 Å². The molecule has 1 atom stereocenters. The molecule has 0 heterocycles. The predicted molar refractivity (Wildman–Crippen MR) is 76.1 cm³/mol. The summed E-state index contributed by atoms with van der Waals surface area (Å²) in [6, 6.07) is 12.5. The van der Waals surface area contributed by atoms with E-state index in [1.54, 1.807) is 13.2 Å². The summed E-state index contributed by atoms with van der Waals surface area (Å²) in [5.41, 5.74) is 6.53. The second-order valence-electron chi connectivity index (χ2n) is 4.26. The molecular weight excluding hydrogens is 261 g/mol. The molecule has 2 nitrogen and oxygen atoms in total. The van der Waals surface area contributed by atoms with Crippen LogP contribution in [0.25, 0.3) is 0 Å². The monoisotopic (exact) mass is 277 g/mol. The van der Waals surface area contributed by atoms with Crippen molar-refractivity contribution in [3.8, 4) is 5.75 Å². The molecule has 0 unspecified atom stereocenters. The smallest absolute Gasteiger partial charge is 0.137 e. The Hall–Kier alpha value is -1.52. The van der Waals surface area contributed by atoms with E-state index in [1.807, 2.05) is 37.3 Å². The molecule has 2 rings (SSSR count). The fourth-order valence-electron chi connectivity index (χ4n) is 1.65. The van der Waals surface area contributed by atoms with Gasteiger partial charge in [-0.1, -0.05) is 17.8 Å². The van der Waals surface area contributed by atoms with Crippen molar-refractivity contribution in [3.05, 3.63) is 53.8 Å². The van der Waals surface area contributed by atoms with Gasteiger partial charge in [0.1, 0.15) is 11.6 Å². The first-order chi connectivity index (χ1) is 9.10. The van der Waals surface area contributed by atoms with Crippen LogP contribution in [0.4, 0.5) is 4.39 Å². The van der Waals surface area contributed by atoms with Gasteiger partial charge < -0.3 is 10.5 Å². The summed E-state index contributed by atoms with van der Waals surface area (Å²) >= 11 is 1.38. The molecule has 4 heteroatoms. The molecule has 0 spiro atoms. The number of rotatable bonds is 4. The van der Waals surface area contributed by atoms with Gasteiger partial charge in [0.15, 0.2) is 0 Å². The fourth-order valence-corrected chi connectivity index (χ4v) is 2.47. The molecule has 0 aliphatic carbocycles. The number of halogens is 1. The largest absolute Gasteiger partial charge is 0.497 e. The second-order valence-corrected chi connectivity index (χ2v) is 5.37. The molecule has 0 saturated carbocycles. The van der Waals surface area contributed by atoms with Crippen LogP contribution < -0.4 is 10.5 Å². The maximum absolute atomic E-state index is 13.9. The minimum Gasteiger partial charge on any atom is -0.497 e. The Morgan fingerprint density at radius 1 is 1.16 bits per heavy atom. The average molecular weight is 277 g/mol. The third-order valence-corrected chi connectivity index (χ3v) is 3.83. The summed E-state index contributed by atoms with van der Waals surface area (Å²) in [5.74, 6) is 0.549. The van der Waals surface area contributed by atoms with E-state index >= 15 is 0 Å². The van der Waals surface area contributed by atoms with Gasteiger partial charge in [-0.3, -0.25) is 0 Å². The van der Waals surface area contributed by atoms with Crippen LogP contribution in [0.15, 0.2) is 52.3 Å². The van der Waals surface area contributed by atoms with E-state index in [0.717, 1.165) is 16.2 Å². The minimum atomic E-state index is -0.240. The molecule has 2 aromatic carbocycles. The number of methoxy groups -OCH3 is 1. The summed E-state index contributed by atoms with van der Waals surface area (Å²) in [5, 5.41) is 0. The summed E-state index contributed by atoms with van der Waals surface area (Å²) in [6.45, 7) is 1.84. The fraction of sp³-hybridized carbons (Fsp3) is 0.200. The van der Waals surface area contributed by atoms with Crippen molar-refractivity contribution in [2.45, 2.75) is 22.8 Å². The Morgan fingerprint density at radius 3 is 2.37 bits per heavy atom. The molecule has 0 aliphatic rings. The summed E-state index contributed by atoms with van der Waals surface area (Å²) in [4.78, 5) is 1.56. The lowest BCUT2D eigenvalue weighted by Crippen LogP contribution is -2.05. The van der Waals surface area contributed by atoms with Gasteiger partial charge in [0.25, 0.3) is 0 Å². The minimum absolute atomic E-state index is 0.158. The molecule has 0 fully saturated rings. The van der Waals surface area contributed by atoms with Gasteiger partial charge in [0, 0.05) is 15.8 Å². The van der Waals surface area contributed by atoms with E-state index in [4.69, 9.17) is 10.5 Å². The molecule has 100 valence electrons. The van der Waals surface area contributed by atoms with Gasteiger partial charge in [-0.15, -0.1) is 0 Å². The van der Waals surface area contributed by atoms with Gasteiger partial charge in [0.05, 0.1) is 7.11 Å². The summed E-state index contributed by atoms with van der Waals surface area (Å²) in [6.07, 6.45) is 0. The molecule has 0 amide bonds. The van der Waals surface area contributed by atoms with Crippen LogP contribution in [0.2, 0.25) is 0 Å². The number of nitrogens with two attached hydrogens (primary N) is 1. The molecule has 0 radical (unpaired) electrons. The van der Waals surface area contributed by atoms with Crippen molar-refractivity contribution in [3.63, 3.8) is 0 Å². The highest BCUT2D eigenvalue weighted by Gasteiger charge is 2.07. The first-order valence-electron chi connectivity index (χ1n) is 5.97. The van der Waals surface area contributed by atoms with Crippen molar-refractivity contribution in [2.24, 2.45) is 5.73 Å². The Balaban J connectivity index is 2.18. The number of benzene rings is 2. The third-order valence-electron chi connectivity index (χ3n) is 2.77. The van der Waals surface area contributed by atoms with E-state index in [2.05, 4.69) is 0 Å². The van der Waals surface area contributed by atoms with Crippen LogP contribution >= 0.6 is 11.8 Å². The van der Waals surface area contributed by atoms with Crippen LogP contribution in [0.1, 0.15) is 18.5 Å². The van der Waals surface area contributed by atoms with E-state index in [1.165, 1.54) is 17.8 Å².